The van der Waals surface area contributed by atoms with Crippen molar-refractivity contribution in [3.8, 4) is 5.75 Å². The van der Waals surface area contributed by atoms with Gasteiger partial charge in [0.1, 0.15) is 5.75 Å². The third kappa shape index (κ3) is 4.99. The van der Waals surface area contributed by atoms with Crippen LogP contribution in [0.2, 0.25) is 0 Å². The maximum Gasteiger partial charge on any atom is 0.328 e. The summed E-state index contributed by atoms with van der Waals surface area (Å²) in [6.07, 6.45) is 1.75. The molecule has 2 N–H and O–H groups in total. The van der Waals surface area contributed by atoms with Crippen LogP contribution in [0.4, 0.5) is 5.13 Å². The van der Waals surface area contributed by atoms with Gasteiger partial charge in [0, 0.05) is 11.6 Å². The molecule has 0 aliphatic heterocycles. The van der Waals surface area contributed by atoms with Gasteiger partial charge in [-0.25, -0.2) is 9.78 Å². The Labute approximate surface area is 157 Å². The maximum absolute atomic E-state index is 12.0. The number of aliphatic carboxylic acids is 1. The summed E-state index contributed by atoms with van der Waals surface area (Å²) in [5, 5.41) is 11.7. The van der Waals surface area contributed by atoms with Gasteiger partial charge in [0.05, 0.1) is 10.2 Å². The molecule has 0 spiro atoms. The van der Waals surface area contributed by atoms with E-state index >= 15 is 0 Å². The van der Waals surface area contributed by atoms with E-state index in [1.165, 1.54) is 35.6 Å². The molecule has 1 amide bonds. The number of thiazole rings is 1. The van der Waals surface area contributed by atoms with E-state index in [1.54, 1.807) is 0 Å². The van der Waals surface area contributed by atoms with Crippen LogP contribution in [-0.2, 0) is 9.59 Å². The van der Waals surface area contributed by atoms with Crippen LogP contribution in [0.15, 0.2) is 60.7 Å². The Bertz CT molecular complexity index is 991. The average Bonchev–Trinajstić information content (AvgIpc) is 3.07. The average molecular weight is 382 g/mol. The number of carboxylic acid groups (broad SMARTS) is 1. The zero-order valence-corrected chi connectivity index (χ0v) is 14.7. The molecule has 0 saturated heterocycles. The Balaban J connectivity index is 1.54. The van der Waals surface area contributed by atoms with Crippen molar-refractivity contribution in [2.24, 2.45) is 0 Å². The van der Waals surface area contributed by atoms with Crippen LogP contribution in [0.5, 0.6) is 5.75 Å². The Morgan fingerprint density at radius 1 is 1.07 bits per heavy atom. The largest absolute Gasteiger partial charge is 0.484 e. The third-order valence-corrected chi connectivity index (χ3v) is 4.38. The number of carbonyl (C=O) groups excluding carboxylic acids is 2. The van der Waals surface area contributed by atoms with Crippen molar-refractivity contribution in [1.29, 1.82) is 0 Å². The van der Waals surface area contributed by atoms with Gasteiger partial charge in [0.2, 0.25) is 0 Å². The molecule has 1 heterocycles. The number of amides is 1. The van der Waals surface area contributed by atoms with Gasteiger partial charge >= 0.3 is 5.97 Å². The van der Waals surface area contributed by atoms with Gasteiger partial charge in [-0.1, -0.05) is 23.5 Å². The van der Waals surface area contributed by atoms with Crippen LogP contribution in [0.1, 0.15) is 10.4 Å². The molecule has 0 bridgehead atoms. The molecule has 3 rings (SSSR count). The predicted molar refractivity (Wildman–Crippen MR) is 101 cm³/mol. The molecule has 8 heteroatoms. The highest BCUT2D eigenvalue weighted by atomic mass is 32.1. The summed E-state index contributed by atoms with van der Waals surface area (Å²) < 4.78 is 6.37. The molecule has 0 saturated carbocycles. The molecule has 3 aromatic rings. The molecule has 0 unspecified atom stereocenters. The van der Waals surface area contributed by atoms with Gasteiger partial charge in [0.15, 0.2) is 17.5 Å². The molecule has 0 atom stereocenters. The summed E-state index contributed by atoms with van der Waals surface area (Å²) in [4.78, 5) is 38.5. The Morgan fingerprint density at radius 2 is 1.81 bits per heavy atom. The van der Waals surface area contributed by atoms with Crippen molar-refractivity contribution in [2.45, 2.75) is 0 Å². The molecular formula is C19H14N2O5S. The highest BCUT2D eigenvalue weighted by Gasteiger charge is 2.09. The minimum atomic E-state index is -1.19. The van der Waals surface area contributed by atoms with Crippen LogP contribution in [-0.4, -0.2) is 34.4 Å². The number of carboxylic acids is 1. The zero-order chi connectivity index (χ0) is 19.2. The van der Waals surface area contributed by atoms with E-state index < -0.39 is 11.8 Å². The number of rotatable bonds is 7. The number of anilines is 1. The van der Waals surface area contributed by atoms with Gasteiger partial charge in [-0.2, -0.15) is 0 Å². The molecule has 1 aromatic heterocycles. The van der Waals surface area contributed by atoms with E-state index in [2.05, 4.69) is 10.3 Å². The van der Waals surface area contributed by atoms with E-state index in [9.17, 15) is 14.4 Å². The zero-order valence-electron chi connectivity index (χ0n) is 13.9. The Kier molecular flexibility index (Phi) is 5.58. The summed E-state index contributed by atoms with van der Waals surface area (Å²) in [6.45, 7) is -0.206. The SMILES string of the molecule is O=C(O)C=CC(=O)c1ccc(OCC(=O)Nc2nc3ccccc3s2)cc1. The van der Waals surface area contributed by atoms with E-state index in [-0.39, 0.29) is 12.5 Å². The topological polar surface area (TPSA) is 106 Å². The van der Waals surface area contributed by atoms with Gasteiger partial charge in [0.25, 0.3) is 5.91 Å². The van der Waals surface area contributed by atoms with Crippen LogP contribution < -0.4 is 10.1 Å². The second-order valence-corrected chi connectivity index (χ2v) is 6.41. The first kappa shape index (κ1) is 18.3. The van der Waals surface area contributed by atoms with Crippen molar-refractivity contribution in [2.75, 3.05) is 11.9 Å². The lowest BCUT2D eigenvalue weighted by atomic mass is 10.1. The number of ketones is 1. The highest BCUT2D eigenvalue weighted by molar-refractivity contribution is 7.22. The summed E-state index contributed by atoms with van der Waals surface area (Å²) in [7, 11) is 0. The molecule has 136 valence electrons. The number of hydrogen-bond acceptors (Lipinski definition) is 6. The van der Waals surface area contributed by atoms with Gasteiger partial charge in [-0.15, -0.1) is 0 Å². The summed E-state index contributed by atoms with van der Waals surface area (Å²) >= 11 is 1.37. The molecule has 0 fully saturated rings. The van der Waals surface area contributed by atoms with E-state index in [4.69, 9.17) is 9.84 Å². The number of carbonyl (C=O) groups is 3. The molecule has 7 nitrogen and oxygen atoms in total. The van der Waals surface area contributed by atoms with Crippen LogP contribution in [0, 0.1) is 0 Å². The van der Waals surface area contributed by atoms with Crippen molar-refractivity contribution >= 4 is 44.3 Å². The number of nitrogens with one attached hydrogen (secondary N) is 1. The maximum atomic E-state index is 12.0. The summed E-state index contributed by atoms with van der Waals surface area (Å²) in [6, 6.07) is 13.6. The number of benzene rings is 2. The minimum Gasteiger partial charge on any atom is -0.484 e. The fourth-order valence-electron chi connectivity index (χ4n) is 2.19. The Morgan fingerprint density at radius 3 is 2.52 bits per heavy atom. The van der Waals surface area contributed by atoms with Gasteiger partial charge < -0.3 is 9.84 Å². The minimum absolute atomic E-state index is 0.206. The first-order valence-corrected chi connectivity index (χ1v) is 8.66. The fourth-order valence-corrected chi connectivity index (χ4v) is 3.07. The molecule has 0 radical (unpaired) electrons. The fraction of sp³-hybridized carbons (Fsp3) is 0.0526. The number of fused-ring (bicyclic) bond motifs is 1. The van der Waals surface area contributed by atoms with Gasteiger partial charge in [-0.3, -0.25) is 14.9 Å². The van der Waals surface area contributed by atoms with Gasteiger partial charge in [-0.05, 0) is 42.5 Å². The summed E-state index contributed by atoms with van der Waals surface area (Å²) in [5.74, 6) is -1.56. The Hall–Kier alpha value is -3.52. The standard InChI is InChI=1S/C19H14N2O5S/c22-15(9-10-18(24)25)12-5-7-13(8-6-12)26-11-17(23)21-19-20-14-3-1-2-4-16(14)27-19/h1-10H,11H2,(H,24,25)(H,20,21,23). The van der Waals surface area contributed by atoms with E-state index in [0.29, 0.717) is 16.4 Å². The van der Waals surface area contributed by atoms with Crippen molar-refractivity contribution in [3.63, 3.8) is 0 Å². The number of nitrogens with zero attached hydrogens (tertiary/aromatic N) is 1. The van der Waals surface area contributed by atoms with Crippen molar-refractivity contribution < 1.29 is 24.2 Å². The van der Waals surface area contributed by atoms with Crippen LogP contribution in [0.3, 0.4) is 0 Å². The quantitative estimate of drug-likeness (QED) is 0.480. The summed E-state index contributed by atoms with van der Waals surface area (Å²) in [5.41, 5.74) is 1.13. The lowest BCUT2D eigenvalue weighted by Gasteiger charge is -2.06. The third-order valence-electron chi connectivity index (χ3n) is 3.43. The van der Waals surface area contributed by atoms with Crippen LogP contribution >= 0.6 is 11.3 Å². The van der Waals surface area contributed by atoms with E-state index in [0.717, 1.165) is 22.4 Å². The number of aromatic nitrogens is 1. The normalized spacial score (nSPS) is 10.8. The predicted octanol–water partition coefficient (Wildman–Crippen LogP) is 3.14. The van der Waals surface area contributed by atoms with Crippen LogP contribution in [0.25, 0.3) is 10.2 Å². The molecule has 0 aliphatic carbocycles. The number of para-hydroxylation sites is 1. The van der Waals surface area contributed by atoms with Crippen molar-refractivity contribution in [3.05, 3.63) is 66.2 Å². The van der Waals surface area contributed by atoms with Crippen molar-refractivity contribution in [1.82, 2.24) is 4.98 Å². The smallest absolute Gasteiger partial charge is 0.328 e. The second kappa shape index (κ2) is 8.24. The number of hydrogen-bond donors (Lipinski definition) is 2. The highest BCUT2D eigenvalue weighted by Crippen LogP contribution is 2.25. The van der Waals surface area contributed by atoms with E-state index in [1.807, 2.05) is 24.3 Å². The monoisotopic (exact) mass is 382 g/mol. The molecular weight excluding hydrogens is 368 g/mol. The second-order valence-electron chi connectivity index (χ2n) is 5.38. The molecule has 0 aliphatic rings. The first-order valence-electron chi connectivity index (χ1n) is 7.85. The molecule has 2 aromatic carbocycles. The molecule has 27 heavy (non-hydrogen) atoms. The number of ether oxygens (including phenoxy) is 1. The number of allylic oxidation sites excluding steroid dienone is 1. The lowest BCUT2D eigenvalue weighted by molar-refractivity contribution is -0.131. The lowest BCUT2D eigenvalue weighted by Crippen LogP contribution is -2.20. The first-order chi connectivity index (χ1) is 13.0.